The van der Waals surface area contributed by atoms with E-state index in [4.69, 9.17) is 5.73 Å². The van der Waals surface area contributed by atoms with Crippen LogP contribution in [0.15, 0.2) is 35.5 Å². The lowest BCUT2D eigenvalue weighted by atomic mass is 10.2. The molecule has 0 fully saturated rings. The highest BCUT2D eigenvalue weighted by molar-refractivity contribution is 7.99. The Morgan fingerprint density at radius 3 is 2.62 bits per heavy atom. The number of hydrogen-bond acceptors (Lipinski definition) is 4. The summed E-state index contributed by atoms with van der Waals surface area (Å²) in [6.07, 6.45) is 2.39. The summed E-state index contributed by atoms with van der Waals surface area (Å²) in [7, 11) is 0. The average Bonchev–Trinajstić information content (AvgIpc) is 2.84. The van der Waals surface area contributed by atoms with Crippen molar-refractivity contribution in [3.8, 4) is 0 Å². The molecule has 114 valence electrons. The van der Waals surface area contributed by atoms with Gasteiger partial charge in [0, 0.05) is 29.7 Å². The number of hydrogen-bond donors (Lipinski definition) is 1. The molecule has 0 aliphatic rings. The summed E-state index contributed by atoms with van der Waals surface area (Å²) < 4.78 is 1.97. The van der Waals surface area contributed by atoms with Crippen LogP contribution in [0.25, 0.3) is 0 Å². The van der Waals surface area contributed by atoms with Gasteiger partial charge in [-0.3, -0.25) is 0 Å². The second kappa shape index (κ2) is 7.61. The van der Waals surface area contributed by atoms with Crippen LogP contribution in [0.3, 0.4) is 0 Å². The highest BCUT2D eigenvalue weighted by Crippen LogP contribution is 2.19. The second-order valence-electron chi connectivity index (χ2n) is 5.84. The second-order valence-corrected chi connectivity index (χ2v) is 6.93. The Kier molecular flexibility index (Phi) is 5.82. The van der Waals surface area contributed by atoms with Crippen molar-refractivity contribution in [2.24, 2.45) is 11.7 Å². The molecule has 0 radical (unpaired) electrons. The molecule has 1 atom stereocenters. The Morgan fingerprint density at radius 2 is 1.95 bits per heavy atom. The molecule has 2 rings (SSSR count). The molecule has 1 heterocycles. The van der Waals surface area contributed by atoms with Crippen LogP contribution < -0.4 is 5.73 Å². The monoisotopic (exact) mass is 304 g/mol. The predicted octanol–water partition coefficient (Wildman–Crippen LogP) is 2.90. The Balaban J connectivity index is 1.85. The van der Waals surface area contributed by atoms with Gasteiger partial charge in [0.2, 0.25) is 0 Å². The summed E-state index contributed by atoms with van der Waals surface area (Å²) in [6, 6.07) is 8.65. The van der Waals surface area contributed by atoms with Crippen LogP contribution in [0.1, 0.15) is 25.2 Å². The van der Waals surface area contributed by atoms with Crippen molar-refractivity contribution in [2.45, 2.75) is 44.7 Å². The van der Waals surface area contributed by atoms with Gasteiger partial charge >= 0.3 is 0 Å². The van der Waals surface area contributed by atoms with E-state index in [1.807, 2.05) is 4.68 Å². The third-order valence-corrected chi connectivity index (χ3v) is 4.36. The molecule has 0 spiro atoms. The minimum Gasteiger partial charge on any atom is -0.327 e. The third-order valence-electron chi connectivity index (χ3n) is 3.16. The highest BCUT2D eigenvalue weighted by Gasteiger charge is 2.11. The molecular formula is C16H24N4S. The van der Waals surface area contributed by atoms with Gasteiger partial charge in [-0.05, 0) is 25.0 Å². The maximum Gasteiger partial charge on any atom is 0.138 e. The van der Waals surface area contributed by atoms with Crippen molar-refractivity contribution in [1.82, 2.24) is 14.8 Å². The zero-order valence-corrected chi connectivity index (χ0v) is 13.8. The van der Waals surface area contributed by atoms with Gasteiger partial charge in [0.1, 0.15) is 12.2 Å². The third kappa shape index (κ3) is 5.17. The van der Waals surface area contributed by atoms with Gasteiger partial charge in [-0.1, -0.05) is 31.5 Å². The summed E-state index contributed by atoms with van der Waals surface area (Å²) in [5.41, 5.74) is 7.52. The lowest BCUT2D eigenvalue weighted by Crippen LogP contribution is -2.27. The lowest BCUT2D eigenvalue weighted by molar-refractivity contribution is 0.461. The number of thioether (sulfide) groups is 1. The van der Waals surface area contributed by atoms with Crippen LogP contribution in [0.5, 0.6) is 0 Å². The van der Waals surface area contributed by atoms with Gasteiger partial charge in [0.15, 0.2) is 0 Å². The topological polar surface area (TPSA) is 56.7 Å². The van der Waals surface area contributed by atoms with Gasteiger partial charge in [-0.15, -0.1) is 11.8 Å². The smallest absolute Gasteiger partial charge is 0.138 e. The van der Waals surface area contributed by atoms with E-state index in [0.717, 1.165) is 24.5 Å². The Labute approximate surface area is 131 Å². The van der Waals surface area contributed by atoms with E-state index in [1.54, 1.807) is 18.1 Å². The van der Waals surface area contributed by atoms with Gasteiger partial charge in [-0.25, -0.2) is 9.67 Å². The largest absolute Gasteiger partial charge is 0.327 e. The van der Waals surface area contributed by atoms with E-state index in [2.05, 4.69) is 55.1 Å². The fourth-order valence-corrected chi connectivity index (χ4v) is 2.93. The maximum absolute atomic E-state index is 6.24. The Bertz CT molecular complexity index is 548. The minimum atomic E-state index is 0.0893. The molecule has 2 N–H and O–H groups in total. The minimum absolute atomic E-state index is 0.0893. The zero-order chi connectivity index (χ0) is 15.2. The summed E-state index contributed by atoms with van der Waals surface area (Å²) in [5.74, 6) is 2.43. The van der Waals surface area contributed by atoms with Crippen LogP contribution in [-0.4, -0.2) is 26.6 Å². The van der Waals surface area contributed by atoms with Gasteiger partial charge in [0.25, 0.3) is 0 Å². The van der Waals surface area contributed by atoms with E-state index in [-0.39, 0.29) is 6.04 Å². The Morgan fingerprint density at radius 1 is 1.24 bits per heavy atom. The first kappa shape index (κ1) is 16.0. The molecular weight excluding hydrogens is 280 g/mol. The predicted molar refractivity (Wildman–Crippen MR) is 88.4 cm³/mol. The lowest BCUT2D eigenvalue weighted by Gasteiger charge is -2.13. The van der Waals surface area contributed by atoms with Crippen molar-refractivity contribution in [3.05, 3.63) is 42.0 Å². The molecule has 0 saturated heterocycles. The first-order valence-corrected chi connectivity index (χ1v) is 8.35. The maximum atomic E-state index is 6.24. The molecule has 0 bridgehead atoms. The molecule has 0 amide bonds. The summed E-state index contributed by atoms with van der Waals surface area (Å²) >= 11 is 1.80. The van der Waals surface area contributed by atoms with Crippen LogP contribution in [-0.2, 0) is 13.0 Å². The summed E-state index contributed by atoms with van der Waals surface area (Å²) in [6.45, 7) is 7.35. The summed E-state index contributed by atoms with van der Waals surface area (Å²) in [5, 5.41) is 4.28. The van der Waals surface area contributed by atoms with E-state index >= 15 is 0 Å². The number of nitrogens with zero attached hydrogens (tertiary/aromatic N) is 3. The van der Waals surface area contributed by atoms with Crippen molar-refractivity contribution < 1.29 is 0 Å². The van der Waals surface area contributed by atoms with E-state index in [0.29, 0.717) is 5.92 Å². The van der Waals surface area contributed by atoms with Crippen LogP contribution in [0.2, 0.25) is 0 Å². The number of aryl methyl sites for hydroxylation is 1. The zero-order valence-electron chi connectivity index (χ0n) is 13.0. The van der Waals surface area contributed by atoms with Gasteiger partial charge in [0.05, 0.1) is 0 Å². The van der Waals surface area contributed by atoms with Crippen molar-refractivity contribution in [2.75, 3.05) is 5.75 Å². The highest BCUT2D eigenvalue weighted by atomic mass is 32.2. The molecule has 21 heavy (non-hydrogen) atoms. The summed E-state index contributed by atoms with van der Waals surface area (Å²) in [4.78, 5) is 5.60. The molecule has 0 aliphatic heterocycles. The fourth-order valence-electron chi connectivity index (χ4n) is 2.08. The SMILES string of the molecule is Cc1ccc(SCC(N)Cc2ncnn2CC(C)C)cc1. The molecule has 1 unspecified atom stereocenters. The molecule has 2 aromatic rings. The van der Waals surface area contributed by atoms with Crippen molar-refractivity contribution in [1.29, 1.82) is 0 Å². The Hall–Kier alpha value is -1.33. The van der Waals surface area contributed by atoms with Gasteiger partial charge in [-0.2, -0.15) is 5.10 Å². The quantitative estimate of drug-likeness (QED) is 0.799. The number of rotatable bonds is 7. The van der Waals surface area contributed by atoms with Crippen molar-refractivity contribution in [3.63, 3.8) is 0 Å². The molecule has 4 nitrogen and oxygen atoms in total. The molecule has 1 aromatic carbocycles. The molecule has 0 aliphatic carbocycles. The van der Waals surface area contributed by atoms with Crippen LogP contribution >= 0.6 is 11.8 Å². The normalized spacial score (nSPS) is 12.8. The van der Waals surface area contributed by atoms with Gasteiger partial charge < -0.3 is 5.73 Å². The first-order chi connectivity index (χ1) is 10.0. The number of benzene rings is 1. The van der Waals surface area contributed by atoms with Crippen molar-refractivity contribution >= 4 is 11.8 Å². The molecule has 0 saturated carbocycles. The standard InChI is InChI=1S/C16H24N4S/c1-12(2)9-20-16(18-11-19-20)8-14(17)10-21-15-6-4-13(3)5-7-15/h4-7,11-12,14H,8-10,17H2,1-3H3. The molecule has 1 aromatic heterocycles. The first-order valence-electron chi connectivity index (χ1n) is 7.36. The van der Waals surface area contributed by atoms with E-state index in [1.165, 1.54) is 10.5 Å². The number of aromatic nitrogens is 3. The van der Waals surface area contributed by atoms with Crippen LogP contribution in [0.4, 0.5) is 0 Å². The average molecular weight is 304 g/mol. The number of nitrogens with two attached hydrogens (primary N) is 1. The van der Waals surface area contributed by atoms with Crippen LogP contribution in [0, 0.1) is 12.8 Å². The molecule has 5 heteroatoms. The van der Waals surface area contributed by atoms with E-state index in [9.17, 15) is 0 Å². The van der Waals surface area contributed by atoms with E-state index < -0.39 is 0 Å². The fraction of sp³-hybridized carbons (Fsp3) is 0.500.